The van der Waals surface area contributed by atoms with E-state index in [1.165, 1.54) is 16.4 Å². The number of benzene rings is 1. The number of carbonyl (C=O) groups excluding carboxylic acids is 1. The fourth-order valence-electron chi connectivity index (χ4n) is 1.86. The molecule has 3 rings (SSSR count). The summed E-state index contributed by atoms with van der Waals surface area (Å²) in [5, 5.41) is 3.24. The molecule has 2 heterocycles. The molecule has 2 aromatic heterocycles. The molecule has 5 nitrogen and oxygen atoms in total. The van der Waals surface area contributed by atoms with Crippen molar-refractivity contribution in [1.82, 2.24) is 9.36 Å². The lowest BCUT2D eigenvalue weighted by Gasteiger charge is -2.03. The number of nitrogens with zero attached hydrogens (tertiary/aromatic N) is 2. The molecule has 1 N–H and O–H groups in total. The van der Waals surface area contributed by atoms with Crippen LogP contribution in [0.25, 0.3) is 10.7 Å². The molecule has 22 heavy (non-hydrogen) atoms. The summed E-state index contributed by atoms with van der Waals surface area (Å²) in [6.07, 6.45) is 0. The first-order valence-electron chi connectivity index (χ1n) is 6.51. The molecule has 0 bridgehead atoms. The van der Waals surface area contributed by atoms with Crippen molar-refractivity contribution in [3.8, 4) is 16.5 Å². The molecular weight excluding hydrogens is 318 g/mol. The summed E-state index contributed by atoms with van der Waals surface area (Å²) in [6.45, 7) is 2.03. The maximum atomic E-state index is 12.2. The van der Waals surface area contributed by atoms with Gasteiger partial charge in [0.2, 0.25) is 5.13 Å². The summed E-state index contributed by atoms with van der Waals surface area (Å²) in [6, 6.07) is 11.0. The Balaban J connectivity index is 1.75. The van der Waals surface area contributed by atoms with Crippen LogP contribution in [0.3, 0.4) is 0 Å². The van der Waals surface area contributed by atoms with Gasteiger partial charge in [0, 0.05) is 22.0 Å². The van der Waals surface area contributed by atoms with Gasteiger partial charge in [-0.15, -0.1) is 11.3 Å². The van der Waals surface area contributed by atoms with E-state index in [0.29, 0.717) is 22.3 Å². The van der Waals surface area contributed by atoms with Crippen LogP contribution in [0.4, 0.5) is 5.13 Å². The molecule has 1 aromatic carbocycles. The van der Waals surface area contributed by atoms with Crippen molar-refractivity contribution in [2.45, 2.75) is 6.92 Å². The summed E-state index contributed by atoms with van der Waals surface area (Å²) in [5.74, 6) is 1.05. The molecule has 0 spiro atoms. The van der Waals surface area contributed by atoms with E-state index in [1.807, 2.05) is 19.1 Å². The molecule has 112 valence electrons. The molecule has 0 unspecified atom stereocenters. The van der Waals surface area contributed by atoms with E-state index in [1.54, 1.807) is 42.7 Å². The Hall–Kier alpha value is -2.25. The predicted octanol–water partition coefficient (Wildman–Crippen LogP) is 3.84. The average molecular weight is 331 g/mol. The highest BCUT2D eigenvalue weighted by molar-refractivity contribution is 7.15. The highest BCUT2D eigenvalue weighted by atomic mass is 32.1. The van der Waals surface area contributed by atoms with Crippen molar-refractivity contribution in [2.75, 3.05) is 12.4 Å². The Kier molecular flexibility index (Phi) is 4.17. The molecule has 0 atom stereocenters. The number of aryl methyl sites for hydroxylation is 1. The number of hydrogen-bond acceptors (Lipinski definition) is 6. The summed E-state index contributed by atoms with van der Waals surface area (Å²) in [4.78, 5) is 18.8. The first-order chi connectivity index (χ1) is 10.7. The van der Waals surface area contributed by atoms with Crippen molar-refractivity contribution in [3.63, 3.8) is 0 Å². The molecule has 0 saturated carbocycles. The molecule has 0 fully saturated rings. The van der Waals surface area contributed by atoms with Gasteiger partial charge >= 0.3 is 0 Å². The number of ether oxygens (including phenoxy) is 1. The van der Waals surface area contributed by atoms with Crippen molar-refractivity contribution in [2.24, 2.45) is 0 Å². The summed E-state index contributed by atoms with van der Waals surface area (Å²) < 4.78 is 9.40. The second-order valence-electron chi connectivity index (χ2n) is 4.52. The predicted molar refractivity (Wildman–Crippen MR) is 88.9 cm³/mol. The van der Waals surface area contributed by atoms with Gasteiger partial charge in [-0.1, -0.05) is 6.07 Å². The number of aromatic nitrogens is 2. The molecule has 0 aliphatic rings. The van der Waals surface area contributed by atoms with Crippen LogP contribution in [0.1, 0.15) is 15.2 Å². The van der Waals surface area contributed by atoms with Gasteiger partial charge in [-0.3, -0.25) is 10.1 Å². The van der Waals surface area contributed by atoms with Crippen LogP contribution in [-0.2, 0) is 0 Å². The van der Waals surface area contributed by atoms with Gasteiger partial charge in [-0.25, -0.2) is 0 Å². The van der Waals surface area contributed by atoms with Gasteiger partial charge in [0.1, 0.15) is 5.75 Å². The van der Waals surface area contributed by atoms with Gasteiger partial charge in [-0.05, 0) is 37.3 Å². The number of methoxy groups -OCH3 is 1. The van der Waals surface area contributed by atoms with Gasteiger partial charge < -0.3 is 4.74 Å². The van der Waals surface area contributed by atoms with Crippen molar-refractivity contribution < 1.29 is 9.53 Å². The van der Waals surface area contributed by atoms with E-state index >= 15 is 0 Å². The quantitative estimate of drug-likeness (QED) is 0.789. The zero-order chi connectivity index (χ0) is 15.5. The second kappa shape index (κ2) is 6.25. The largest absolute Gasteiger partial charge is 0.497 e. The number of hydrogen-bond donors (Lipinski definition) is 1. The van der Waals surface area contributed by atoms with Gasteiger partial charge in [0.15, 0.2) is 5.82 Å². The minimum atomic E-state index is -0.232. The Morgan fingerprint density at radius 3 is 2.86 bits per heavy atom. The maximum Gasteiger partial charge on any atom is 0.257 e. The zero-order valence-electron chi connectivity index (χ0n) is 12.0. The van der Waals surface area contributed by atoms with Gasteiger partial charge in [-0.2, -0.15) is 9.36 Å². The SMILES string of the molecule is COc1cccc(C(=O)Nc2nc(-c3ccc(C)s3)ns2)c1. The number of rotatable bonds is 4. The number of amides is 1. The smallest absolute Gasteiger partial charge is 0.257 e. The average Bonchev–Trinajstić information content (AvgIpc) is 3.16. The molecule has 1 amide bonds. The maximum absolute atomic E-state index is 12.2. The Labute approximate surface area is 135 Å². The van der Waals surface area contributed by atoms with Crippen LogP contribution in [0, 0.1) is 6.92 Å². The van der Waals surface area contributed by atoms with Crippen molar-refractivity contribution >= 4 is 33.9 Å². The highest BCUT2D eigenvalue weighted by Gasteiger charge is 2.12. The van der Waals surface area contributed by atoms with E-state index in [-0.39, 0.29) is 5.91 Å². The molecule has 0 radical (unpaired) electrons. The van der Waals surface area contributed by atoms with Crippen LogP contribution in [0.5, 0.6) is 5.75 Å². The van der Waals surface area contributed by atoms with E-state index < -0.39 is 0 Å². The van der Waals surface area contributed by atoms with Crippen molar-refractivity contribution in [3.05, 3.63) is 46.8 Å². The van der Waals surface area contributed by atoms with Crippen molar-refractivity contribution in [1.29, 1.82) is 0 Å². The monoisotopic (exact) mass is 331 g/mol. The Morgan fingerprint density at radius 2 is 2.14 bits per heavy atom. The van der Waals surface area contributed by atoms with Gasteiger partial charge in [0.05, 0.1) is 12.0 Å². The second-order valence-corrected chi connectivity index (χ2v) is 6.56. The molecule has 3 aromatic rings. The fraction of sp³-hybridized carbons (Fsp3) is 0.133. The Morgan fingerprint density at radius 1 is 1.27 bits per heavy atom. The zero-order valence-corrected chi connectivity index (χ0v) is 13.6. The van der Waals surface area contributed by atoms with Crippen LogP contribution in [0.15, 0.2) is 36.4 Å². The number of thiophene rings is 1. The highest BCUT2D eigenvalue weighted by Crippen LogP contribution is 2.28. The third-order valence-electron chi connectivity index (χ3n) is 2.94. The molecule has 7 heteroatoms. The molecule has 0 aliphatic heterocycles. The molecule has 0 aliphatic carbocycles. The van der Waals surface area contributed by atoms with E-state index in [4.69, 9.17) is 4.74 Å². The van der Waals surface area contributed by atoms with Crippen LogP contribution in [0.2, 0.25) is 0 Å². The first-order valence-corrected chi connectivity index (χ1v) is 8.10. The minimum Gasteiger partial charge on any atom is -0.497 e. The van der Waals surface area contributed by atoms with E-state index in [2.05, 4.69) is 14.7 Å². The lowest BCUT2D eigenvalue weighted by Crippen LogP contribution is -2.11. The minimum absolute atomic E-state index is 0.232. The standard InChI is InChI=1S/C15H13N3O2S2/c1-9-6-7-12(21-9)13-16-15(22-18-13)17-14(19)10-4-3-5-11(8-10)20-2/h3-8H,1-2H3,(H,16,17,18,19). The van der Waals surface area contributed by atoms with Crippen LogP contribution in [-0.4, -0.2) is 22.4 Å². The third kappa shape index (κ3) is 3.15. The van der Waals surface area contributed by atoms with Crippen LogP contribution >= 0.6 is 22.9 Å². The van der Waals surface area contributed by atoms with E-state index in [0.717, 1.165) is 4.88 Å². The first kappa shape index (κ1) is 14.7. The topological polar surface area (TPSA) is 64.1 Å². The Bertz CT molecular complexity index is 810. The lowest BCUT2D eigenvalue weighted by atomic mass is 10.2. The summed E-state index contributed by atoms with van der Waals surface area (Å²) >= 11 is 2.80. The summed E-state index contributed by atoms with van der Waals surface area (Å²) in [7, 11) is 1.57. The van der Waals surface area contributed by atoms with Crippen LogP contribution < -0.4 is 10.1 Å². The third-order valence-corrected chi connectivity index (χ3v) is 4.57. The summed E-state index contributed by atoms with van der Waals surface area (Å²) in [5.41, 5.74) is 0.517. The lowest BCUT2D eigenvalue weighted by molar-refractivity contribution is 0.102. The fourth-order valence-corrected chi connectivity index (χ4v) is 3.30. The molecule has 0 saturated heterocycles. The molecular formula is C15H13N3O2S2. The number of carbonyl (C=O) groups is 1. The number of anilines is 1. The number of nitrogens with one attached hydrogen (secondary N) is 1. The van der Waals surface area contributed by atoms with Gasteiger partial charge in [0.25, 0.3) is 5.91 Å². The normalized spacial score (nSPS) is 10.5. The van der Waals surface area contributed by atoms with E-state index in [9.17, 15) is 4.79 Å².